The average Bonchev–Trinajstić information content (AvgIpc) is 3.19. The lowest BCUT2D eigenvalue weighted by atomic mass is 9.76. The second-order valence-electron chi connectivity index (χ2n) is 6.35. The van der Waals surface area contributed by atoms with E-state index in [1.165, 1.54) is 17.5 Å². The highest BCUT2D eigenvalue weighted by Crippen LogP contribution is 2.38. The number of benzene rings is 2. The fourth-order valence-corrected chi connectivity index (χ4v) is 3.79. The summed E-state index contributed by atoms with van der Waals surface area (Å²) >= 11 is 0. The van der Waals surface area contributed by atoms with E-state index in [-0.39, 0.29) is 0 Å². The molecule has 24 heavy (non-hydrogen) atoms. The minimum absolute atomic E-state index is 0.442. The molecule has 1 aromatic heterocycles. The highest BCUT2D eigenvalue weighted by Gasteiger charge is 2.30. The summed E-state index contributed by atoms with van der Waals surface area (Å²) in [6.07, 6.45) is 3.71. The molecule has 0 unspecified atom stereocenters. The SMILES string of the molecule is c1ccc(C(c2ccccc2)C2CCN(c3ncno3)CC2)cc1. The number of hydrogen-bond donors (Lipinski definition) is 0. The molecule has 0 amide bonds. The summed E-state index contributed by atoms with van der Waals surface area (Å²) < 4.78 is 5.20. The van der Waals surface area contributed by atoms with Gasteiger partial charge in [0.1, 0.15) is 0 Å². The van der Waals surface area contributed by atoms with E-state index in [9.17, 15) is 0 Å². The summed E-state index contributed by atoms with van der Waals surface area (Å²) in [5.41, 5.74) is 2.81. The van der Waals surface area contributed by atoms with Gasteiger partial charge < -0.3 is 9.42 Å². The van der Waals surface area contributed by atoms with Crippen molar-refractivity contribution >= 4 is 6.01 Å². The summed E-state index contributed by atoms with van der Waals surface area (Å²) in [6.45, 7) is 1.92. The van der Waals surface area contributed by atoms with Crippen LogP contribution < -0.4 is 4.90 Å². The van der Waals surface area contributed by atoms with Crippen LogP contribution in [0.4, 0.5) is 6.01 Å². The Balaban J connectivity index is 1.57. The minimum atomic E-state index is 0.442. The van der Waals surface area contributed by atoms with Gasteiger partial charge in [0.25, 0.3) is 0 Å². The molecule has 0 saturated carbocycles. The van der Waals surface area contributed by atoms with Gasteiger partial charge in [0.05, 0.1) is 0 Å². The largest absolute Gasteiger partial charge is 0.324 e. The summed E-state index contributed by atoms with van der Waals surface area (Å²) in [5, 5.41) is 3.72. The van der Waals surface area contributed by atoms with Gasteiger partial charge in [-0.25, -0.2) is 0 Å². The van der Waals surface area contributed by atoms with Crippen molar-refractivity contribution in [3.8, 4) is 0 Å². The van der Waals surface area contributed by atoms with Crippen LogP contribution in [-0.4, -0.2) is 23.2 Å². The highest BCUT2D eigenvalue weighted by molar-refractivity contribution is 5.34. The zero-order chi connectivity index (χ0) is 16.2. The third-order valence-electron chi connectivity index (χ3n) is 4.95. The lowest BCUT2D eigenvalue weighted by Crippen LogP contribution is -2.36. The number of aromatic nitrogens is 2. The van der Waals surface area contributed by atoms with Crippen LogP contribution in [0, 0.1) is 5.92 Å². The Morgan fingerprint density at radius 1 is 0.875 bits per heavy atom. The third-order valence-corrected chi connectivity index (χ3v) is 4.95. The number of piperidine rings is 1. The van der Waals surface area contributed by atoms with Crippen molar-refractivity contribution < 1.29 is 4.52 Å². The molecule has 0 radical (unpaired) electrons. The first kappa shape index (κ1) is 14.9. The molecule has 0 spiro atoms. The second kappa shape index (κ2) is 6.87. The summed E-state index contributed by atoms with van der Waals surface area (Å²) in [7, 11) is 0. The van der Waals surface area contributed by atoms with Gasteiger partial charge in [-0.05, 0) is 29.9 Å². The van der Waals surface area contributed by atoms with Gasteiger partial charge >= 0.3 is 6.01 Å². The molecule has 4 rings (SSSR count). The first-order valence-corrected chi connectivity index (χ1v) is 8.53. The average molecular weight is 319 g/mol. The quantitative estimate of drug-likeness (QED) is 0.725. The monoisotopic (exact) mass is 319 g/mol. The molecule has 1 aliphatic rings. The van der Waals surface area contributed by atoms with Crippen molar-refractivity contribution in [1.29, 1.82) is 0 Å². The predicted octanol–water partition coefficient (Wildman–Crippen LogP) is 4.12. The summed E-state index contributed by atoms with van der Waals surface area (Å²) in [6, 6.07) is 22.4. The van der Waals surface area contributed by atoms with Crippen molar-refractivity contribution in [2.75, 3.05) is 18.0 Å². The molecular formula is C20H21N3O. The number of anilines is 1. The van der Waals surface area contributed by atoms with Crippen LogP contribution in [0.2, 0.25) is 0 Å². The minimum Gasteiger partial charge on any atom is -0.324 e. The summed E-state index contributed by atoms with van der Waals surface area (Å²) in [4.78, 5) is 6.37. The first-order chi connectivity index (χ1) is 11.9. The Kier molecular flexibility index (Phi) is 4.28. The van der Waals surface area contributed by atoms with Gasteiger partial charge in [0, 0.05) is 19.0 Å². The van der Waals surface area contributed by atoms with Crippen molar-refractivity contribution in [3.63, 3.8) is 0 Å². The Morgan fingerprint density at radius 2 is 1.46 bits per heavy atom. The van der Waals surface area contributed by atoms with Crippen molar-refractivity contribution in [3.05, 3.63) is 78.1 Å². The van der Waals surface area contributed by atoms with Crippen LogP contribution in [0.3, 0.4) is 0 Å². The van der Waals surface area contributed by atoms with Crippen LogP contribution in [0.1, 0.15) is 29.9 Å². The molecule has 0 atom stereocenters. The smallest absolute Gasteiger partial charge is 0.323 e. The van der Waals surface area contributed by atoms with E-state index in [2.05, 4.69) is 75.7 Å². The van der Waals surface area contributed by atoms with E-state index in [1.807, 2.05) is 0 Å². The van der Waals surface area contributed by atoms with Crippen LogP contribution in [0.5, 0.6) is 0 Å². The molecule has 0 N–H and O–H groups in total. The predicted molar refractivity (Wildman–Crippen MR) is 94.0 cm³/mol. The standard InChI is InChI=1S/C20H21N3O/c1-3-7-16(8-4-1)19(17-9-5-2-6-10-17)18-11-13-23(14-12-18)20-21-15-22-24-20/h1-10,15,18-19H,11-14H2. The number of hydrogen-bond acceptors (Lipinski definition) is 4. The molecular weight excluding hydrogens is 298 g/mol. The fourth-order valence-electron chi connectivity index (χ4n) is 3.79. The van der Waals surface area contributed by atoms with Gasteiger partial charge in [-0.3, -0.25) is 0 Å². The topological polar surface area (TPSA) is 42.2 Å². The van der Waals surface area contributed by atoms with Gasteiger partial charge in [-0.1, -0.05) is 65.8 Å². The molecule has 0 aliphatic carbocycles. The van der Waals surface area contributed by atoms with Crippen molar-refractivity contribution in [1.82, 2.24) is 10.1 Å². The van der Waals surface area contributed by atoms with Crippen molar-refractivity contribution in [2.45, 2.75) is 18.8 Å². The lowest BCUT2D eigenvalue weighted by Gasteiger charge is -2.35. The van der Waals surface area contributed by atoms with E-state index >= 15 is 0 Å². The Bertz CT molecular complexity index is 696. The Labute approximate surface area is 142 Å². The maximum atomic E-state index is 5.20. The van der Waals surface area contributed by atoms with Gasteiger partial charge in [-0.2, -0.15) is 4.98 Å². The highest BCUT2D eigenvalue weighted by atomic mass is 16.5. The van der Waals surface area contributed by atoms with Crippen LogP contribution >= 0.6 is 0 Å². The molecule has 4 heteroatoms. The van der Waals surface area contributed by atoms with E-state index in [4.69, 9.17) is 4.52 Å². The van der Waals surface area contributed by atoms with E-state index in [1.54, 1.807) is 0 Å². The van der Waals surface area contributed by atoms with Crippen LogP contribution in [0.25, 0.3) is 0 Å². The molecule has 122 valence electrons. The molecule has 2 heterocycles. The third kappa shape index (κ3) is 3.04. The van der Waals surface area contributed by atoms with E-state index in [0.717, 1.165) is 25.9 Å². The summed E-state index contributed by atoms with van der Waals surface area (Å²) in [5.74, 6) is 1.06. The number of rotatable bonds is 4. The van der Waals surface area contributed by atoms with E-state index in [0.29, 0.717) is 17.9 Å². The normalized spacial score (nSPS) is 15.8. The Hall–Kier alpha value is -2.62. The van der Waals surface area contributed by atoms with Crippen molar-refractivity contribution in [2.24, 2.45) is 5.92 Å². The zero-order valence-electron chi connectivity index (χ0n) is 13.6. The maximum Gasteiger partial charge on any atom is 0.323 e. The van der Waals surface area contributed by atoms with Crippen LogP contribution in [-0.2, 0) is 0 Å². The molecule has 1 saturated heterocycles. The van der Waals surface area contributed by atoms with Gasteiger partial charge in [0.2, 0.25) is 0 Å². The number of nitrogens with zero attached hydrogens (tertiary/aromatic N) is 3. The molecule has 4 nitrogen and oxygen atoms in total. The van der Waals surface area contributed by atoms with E-state index < -0.39 is 0 Å². The van der Waals surface area contributed by atoms with Gasteiger partial charge in [-0.15, -0.1) is 0 Å². The van der Waals surface area contributed by atoms with Gasteiger partial charge in [0.15, 0.2) is 6.33 Å². The second-order valence-corrected chi connectivity index (χ2v) is 6.35. The molecule has 1 aliphatic heterocycles. The molecule has 3 aromatic rings. The lowest BCUT2D eigenvalue weighted by molar-refractivity contribution is 0.342. The molecule has 1 fully saturated rings. The maximum absolute atomic E-state index is 5.20. The zero-order valence-corrected chi connectivity index (χ0v) is 13.6. The Morgan fingerprint density at radius 3 is 1.96 bits per heavy atom. The fraction of sp³-hybridized carbons (Fsp3) is 0.300. The first-order valence-electron chi connectivity index (χ1n) is 8.53. The van der Waals surface area contributed by atoms with Crippen LogP contribution in [0.15, 0.2) is 71.5 Å². The molecule has 2 aromatic carbocycles. The molecule has 0 bridgehead atoms.